The summed E-state index contributed by atoms with van der Waals surface area (Å²) >= 11 is 0. The summed E-state index contributed by atoms with van der Waals surface area (Å²) in [5, 5.41) is 8.95. The van der Waals surface area contributed by atoms with Crippen LogP contribution in [0.15, 0.2) is 85.1 Å². The number of unbranched alkanes of at least 4 members (excludes halogenated alkanes) is 24. The number of esters is 1. The van der Waals surface area contributed by atoms with Gasteiger partial charge in [-0.15, -0.1) is 0 Å². The number of phosphoric ester groups is 1. The summed E-state index contributed by atoms with van der Waals surface area (Å²) in [5.74, 6) is -1.79. The standard InChI is InChI=1S/C58H102NO9P/c1-3-5-7-9-11-13-15-17-19-21-23-25-27-29-31-33-35-37-39-41-43-45-47-49-51-65-52-55(53-66-69(63,64)67-54-56(59)58(61)62)68-57(60)50-48-46-44-42-40-38-36-34-32-30-28-26-24-22-20-18-16-14-12-10-8-6-4-2/h6,8,12,14-15,17-18,20-21,23-24,26-27,29,55-56H,3-5,7,9-11,13,16,19,22,25,28,30-54,59H2,1-2H3,(H,61,62)(H,63,64)/b8-6-,14-12-,17-15-,20-18-,23-21-,26-24-,29-27-. The van der Waals surface area contributed by atoms with Gasteiger partial charge in [0.1, 0.15) is 12.1 Å². The second kappa shape index (κ2) is 53.0. The van der Waals surface area contributed by atoms with E-state index in [2.05, 4.69) is 98.9 Å². The van der Waals surface area contributed by atoms with E-state index in [4.69, 9.17) is 29.4 Å². The molecular weight excluding hydrogens is 886 g/mol. The SMILES string of the molecule is CC/C=C\C/C=C\C/C=C\C/C=C\CCCCCCCCCCCCC(=O)OC(COCCCCCCCCCCC/C=C\C/C=C\C/C=C\CCCCCCC)COP(=O)(O)OCC(N)C(=O)O. The highest BCUT2D eigenvalue weighted by Crippen LogP contribution is 2.43. The minimum Gasteiger partial charge on any atom is -0.480 e. The molecule has 0 aliphatic heterocycles. The Morgan fingerprint density at radius 1 is 0.478 bits per heavy atom. The van der Waals surface area contributed by atoms with E-state index in [1.54, 1.807) is 0 Å². The van der Waals surface area contributed by atoms with E-state index < -0.39 is 45.1 Å². The number of hydrogen-bond donors (Lipinski definition) is 3. The lowest BCUT2D eigenvalue weighted by atomic mass is 10.0. The van der Waals surface area contributed by atoms with Gasteiger partial charge in [-0.05, 0) is 89.9 Å². The van der Waals surface area contributed by atoms with Gasteiger partial charge in [0.2, 0.25) is 0 Å². The summed E-state index contributed by atoms with van der Waals surface area (Å²) in [5.41, 5.74) is 5.38. The van der Waals surface area contributed by atoms with Crippen LogP contribution in [0.1, 0.15) is 232 Å². The van der Waals surface area contributed by atoms with Crippen LogP contribution in [-0.2, 0) is 32.7 Å². The maximum atomic E-state index is 12.7. The first-order valence-electron chi connectivity index (χ1n) is 27.6. The van der Waals surface area contributed by atoms with E-state index in [1.807, 2.05) is 0 Å². The zero-order valence-corrected chi connectivity index (χ0v) is 44.8. The highest BCUT2D eigenvalue weighted by Gasteiger charge is 2.27. The Morgan fingerprint density at radius 2 is 0.841 bits per heavy atom. The molecule has 0 bridgehead atoms. The largest absolute Gasteiger partial charge is 0.480 e. The summed E-state index contributed by atoms with van der Waals surface area (Å²) in [6.45, 7) is 3.76. The number of carboxylic acid groups (broad SMARTS) is 1. The van der Waals surface area contributed by atoms with Gasteiger partial charge in [-0.2, -0.15) is 0 Å². The molecular formula is C58H102NO9P. The third-order valence-corrected chi connectivity index (χ3v) is 12.6. The summed E-state index contributed by atoms with van der Waals surface area (Å²) in [6.07, 6.45) is 69.3. The predicted octanol–water partition coefficient (Wildman–Crippen LogP) is 16.7. The highest BCUT2D eigenvalue weighted by atomic mass is 31.2. The van der Waals surface area contributed by atoms with Gasteiger partial charge in [-0.1, -0.05) is 221 Å². The van der Waals surface area contributed by atoms with Crippen LogP contribution < -0.4 is 5.73 Å². The topological polar surface area (TPSA) is 155 Å². The van der Waals surface area contributed by atoms with Crippen LogP contribution in [0.25, 0.3) is 0 Å². The molecule has 3 unspecified atom stereocenters. The number of ether oxygens (including phenoxy) is 2. The summed E-state index contributed by atoms with van der Waals surface area (Å²) < 4.78 is 33.6. The fourth-order valence-corrected chi connectivity index (χ4v) is 8.20. The van der Waals surface area contributed by atoms with E-state index in [0.29, 0.717) is 13.0 Å². The van der Waals surface area contributed by atoms with Crippen LogP contribution in [0.4, 0.5) is 0 Å². The Kier molecular flexibility index (Phi) is 50.8. The molecule has 398 valence electrons. The maximum Gasteiger partial charge on any atom is 0.472 e. The van der Waals surface area contributed by atoms with Crippen LogP contribution in [0.5, 0.6) is 0 Å². The molecule has 10 nitrogen and oxygen atoms in total. The first-order chi connectivity index (χ1) is 33.7. The lowest BCUT2D eigenvalue weighted by Gasteiger charge is -2.20. The molecule has 0 aromatic carbocycles. The third-order valence-electron chi connectivity index (χ3n) is 11.7. The Morgan fingerprint density at radius 3 is 1.26 bits per heavy atom. The highest BCUT2D eigenvalue weighted by molar-refractivity contribution is 7.47. The second-order valence-electron chi connectivity index (χ2n) is 18.3. The quantitative estimate of drug-likeness (QED) is 0.0232. The Labute approximate surface area is 422 Å². The molecule has 0 radical (unpaired) electrons. The van der Waals surface area contributed by atoms with Gasteiger partial charge in [-0.25, -0.2) is 4.57 Å². The normalized spacial score (nSPS) is 14.3. The minimum absolute atomic E-state index is 0.00760. The molecule has 0 fully saturated rings. The summed E-state index contributed by atoms with van der Waals surface area (Å²) in [6, 6.07) is -1.48. The van der Waals surface area contributed by atoms with Crippen molar-refractivity contribution in [1.29, 1.82) is 0 Å². The van der Waals surface area contributed by atoms with Crippen molar-refractivity contribution in [2.75, 3.05) is 26.4 Å². The first-order valence-corrected chi connectivity index (χ1v) is 29.1. The monoisotopic (exact) mass is 988 g/mol. The van der Waals surface area contributed by atoms with Crippen molar-refractivity contribution in [2.45, 2.75) is 244 Å². The van der Waals surface area contributed by atoms with Crippen LogP contribution in [0, 0.1) is 0 Å². The Bertz CT molecular complexity index is 1420. The minimum atomic E-state index is -4.63. The molecule has 3 atom stereocenters. The predicted molar refractivity (Wildman–Crippen MR) is 290 cm³/mol. The number of allylic oxidation sites excluding steroid dienone is 14. The molecule has 0 rings (SSSR count). The average molecular weight is 988 g/mol. The first kappa shape index (κ1) is 66.2. The van der Waals surface area contributed by atoms with E-state index >= 15 is 0 Å². The Balaban J connectivity index is 4.14. The van der Waals surface area contributed by atoms with Crippen molar-refractivity contribution in [2.24, 2.45) is 5.73 Å². The maximum absolute atomic E-state index is 12.7. The van der Waals surface area contributed by atoms with Crippen LogP contribution in [0.2, 0.25) is 0 Å². The molecule has 0 aromatic rings. The molecule has 0 aliphatic carbocycles. The van der Waals surface area contributed by atoms with Gasteiger partial charge in [0.05, 0.1) is 19.8 Å². The number of carbonyl (C=O) groups is 2. The molecule has 11 heteroatoms. The fraction of sp³-hybridized carbons (Fsp3) is 0.724. The van der Waals surface area contributed by atoms with E-state index in [1.165, 1.54) is 116 Å². The number of carboxylic acids is 1. The molecule has 0 heterocycles. The van der Waals surface area contributed by atoms with Crippen molar-refractivity contribution < 1.29 is 42.7 Å². The zero-order valence-electron chi connectivity index (χ0n) is 43.9. The van der Waals surface area contributed by atoms with E-state index in [0.717, 1.165) is 89.9 Å². The molecule has 0 saturated carbocycles. The smallest absolute Gasteiger partial charge is 0.472 e. The van der Waals surface area contributed by atoms with Crippen molar-refractivity contribution in [3.63, 3.8) is 0 Å². The molecule has 69 heavy (non-hydrogen) atoms. The van der Waals surface area contributed by atoms with Crippen molar-refractivity contribution in [3.8, 4) is 0 Å². The van der Waals surface area contributed by atoms with Crippen LogP contribution in [-0.4, -0.2) is 60.5 Å². The molecule has 0 spiro atoms. The van der Waals surface area contributed by atoms with Crippen molar-refractivity contribution in [3.05, 3.63) is 85.1 Å². The molecule has 0 aromatic heterocycles. The number of carbonyl (C=O) groups excluding carboxylic acids is 1. The van der Waals surface area contributed by atoms with Gasteiger partial charge in [0.15, 0.2) is 0 Å². The molecule has 0 amide bonds. The lowest BCUT2D eigenvalue weighted by Crippen LogP contribution is -2.34. The average Bonchev–Trinajstić information content (AvgIpc) is 3.33. The van der Waals surface area contributed by atoms with Gasteiger partial charge >= 0.3 is 19.8 Å². The van der Waals surface area contributed by atoms with Gasteiger partial charge in [0, 0.05) is 13.0 Å². The zero-order chi connectivity index (χ0) is 50.4. The van der Waals surface area contributed by atoms with Crippen LogP contribution in [0.3, 0.4) is 0 Å². The Hall–Kier alpha value is -2.85. The molecule has 0 saturated heterocycles. The number of hydrogen-bond acceptors (Lipinski definition) is 8. The van der Waals surface area contributed by atoms with Gasteiger partial charge in [-0.3, -0.25) is 18.6 Å². The molecule has 4 N–H and O–H groups in total. The van der Waals surface area contributed by atoms with Crippen molar-refractivity contribution in [1.82, 2.24) is 0 Å². The number of rotatable bonds is 52. The summed E-state index contributed by atoms with van der Waals surface area (Å²) in [7, 11) is -4.63. The third kappa shape index (κ3) is 52.8. The number of nitrogens with two attached hydrogens (primary N) is 1. The van der Waals surface area contributed by atoms with Crippen molar-refractivity contribution >= 4 is 19.8 Å². The van der Waals surface area contributed by atoms with E-state index in [9.17, 15) is 19.0 Å². The van der Waals surface area contributed by atoms with Gasteiger partial charge < -0.3 is 25.2 Å². The second-order valence-corrected chi connectivity index (χ2v) is 19.8. The number of aliphatic carboxylic acids is 1. The van der Waals surface area contributed by atoms with E-state index in [-0.39, 0.29) is 13.0 Å². The van der Waals surface area contributed by atoms with Gasteiger partial charge in [0.25, 0.3) is 0 Å². The van der Waals surface area contributed by atoms with Crippen LogP contribution >= 0.6 is 7.82 Å². The fourth-order valence-electron chi connectivity index (χ4n) is 7.43. The summed E-state index contributed by atoms with van der Waals surface area (Å²) in [4.78, 5) is 33.8. The lowest BCUT2D eigenvalue weighted by molar-refractivity contribution is -0.154. The molecule has 0 aliphatic rings. The number of phosphoric acid groups is 1.